The Morgan fingerprint density at radius 3 is 1.64 bits per heavy atom. The summed E-state index contributed by atoms with van der Waals surface area (Å²) in [5.74, 6) is 0. The molecule has 0 saturated heterocycles. The maximum atomic E-state index is 3.53. The van der Waals surface area contributed by atoms with Gasteiger partial charge in [-0.05, 0) is 17.4 Å². The Kier molecular flexibility index (Phi) is 14.3. The molecule has 0 aliphatic heterocycles. The number of hydrogen-bond donors (Lipinski definition) is 0. The maximum Gasteiger partial charge on any atom is -0.172 e. The molecule has 0 nitrogen and oxygen atoms in total. The minimum absolute atomic E-state index is 0. The quantitative estimate of drug-likeness (QED) is 0.191. The fraction of sp³-hybridized carbons (Fsp3) is 0.275. The Morgan fingerprint density at radius 2 is 1.18 bits per heavy atom. The van der Waals surface area contributed by atoms with E-state index in [0.717, 1.165) is 6.42 Å². The van der Waals surface area contributed by atoms with Gasteiger partial charge in [0.1, 0.15) is 0 Å². The molecule has 5 aromatic carbocycles. The first-order valence-corrected chi connectivity index (χ1v) is 20.1. The summed E-state index contributed by atoms with van der Waals surface area (Å²) >= 11 is 1.65. The van der Waals surface area contributed by atoms with Crippen molar-refractivity contribution in [2.24, 2.45) is 0 Å². The van der Waals surface area contributed by atoms with Crippen molar-refractivity contribution < 1.29 is 48.1 Å². The maximum absolute atomic E-state index is 3.53. The summed E-state index contributed by atoms with van der Waals surface area (Å²) in [4.78, 5) is 0. The SMILES string of the molecule is CC(C)(C)c1c[c-]c2c(c1)-c1cc(C(C)(C)C)ccc1C2.Cc1cccc([Si](=[Zr+2])c2cccc(C)c2)c1.[Cl-].[Cl-].c1cc[cH-]c1. The van der Waals surface area contributed by atoms with Gasteiger partial charge in [0.15, 0.2) is 0 Å². The number of aryl methyl sites for hydroxylation is 2. The van der Waals surface area contributed by atoms with Crippen molar-refractivity contribution in [2.75, 3.05) is 0 Å². The number of hydrogen-bond acceptors (Lipinski definition) is 0. The summed E-state index contributed by atoms with van der Waals surface area (Å²) in [5.41, 5.74) is 11.0. The third-order valence-corrected chi connectivity index (χ3v) is 13.7. The first-order valence-electron chi connectivity index (χ1n) is 14.9. The summed E-state index contributed by atoms with van der Waals surface area (Å²) in [5, 5.41) is 3.07. The van der Waals surface area contributed by atoms with E-state index in [2.05, 4.69) is 140 Å². The van der Waals surface area contributed by atoms with Crippen molar-refractivity contribution >= 4 is 15.8 Å². The summed E-state index contributed by atoms with van der Waals surface area (Å²) < 4.78 is 0. The molecule has 0 fully saturated rings. The van der Waals surface area contributed by atoms with Crippen molar-refractivity contribution in [1.82, 2.24) is 0 Å². The molecule has 0 radical (unpaired) electrons. The molecule has 0 amide bonds. The Hall–Kier alpha value is -2.09. The van der Waals surface area contributed by atoms with Gasteiger partial charge in [0, 0.05) is 0 Å². The third kappa shape index (κ3) is 10.2. The second-order valence-electron chi connectivity index (χ2n) is 13.4. The van der Waals surface area contributed by atoms with Gasteiger partial charge in [-0.1, -0.05) is 76.3 Å². The number of fused-ring (bicyclic) bond motifs is 3. The molecule has 44 heavy (non-hydrogen) atoms. The summed E-state index contributed by atoms with van der Waals surface area (Å²) in [6, 6.07) is 43.0. The standard InChI is InChI=1S/C21H25.C14H14Si.C5H5.2ClH.Zr/c1-20(2,3)16-9-7-14-11-15-8-10-17(21(4,5)6)13-19(15)18(14)12-16;1-11-5-3-7-13(9-11)15-14-8-4-6-12(2)10-14;1-2-4-5-3-1;;;/h7,9-10,12-13H,11H2,1-6H3;3-10H,1-2H3;1-5H;2*1H;/q-1;;-1;;;+2/p-2. The van der Waals surface area contributed by atoms with Crippen LogP contribution in [-0.2, 0) is 40.6 Å². The molecule has 0 N–H and O–H groups in total. The van der Waals surface area contributed by atoms with E-state index in [1.807, 2.05) is 30.3 Å². The zero-order chi connectivity index (χ0) is 30.5. The molecule has 6 rings (SSSR count). The molecule has 4 heteroatoms. The van der Waals surface area contributed by atoms with E-state index < -0.39 is 5.43 Å². The van der Waals surface area contributed by atoms with Gasteiger partial charge in [-0.15, -0.1) is 5.56 Å². The summed E-state index contributed by atoms with van der Waals surface area (Å²) in [6.07, 6.45) is 1.03. The zero-order valence-electron chi connectivity index (χ0n) is 27.4. The Labute approximate surface area is 294 Å². The fourth-order valence-electron chi connectivity index (χ4n) is 5.07. The van der Waals surface area contributed by atoms with Crippen LogP contribution in [0.15, 0.2) is 109 Å². The van der Waals surface area contributed by atoms with E-state index >= 15 is 0 Å². The minimum atomic E-state index is -0.499. The van der Waals surface area contributed by atoms with Crippen LogP contribution in [0.2, 0.25) is 0 Å². The summed E-state index contributed by atoms with van der Waals surface area (Å²) in [7, 11) is 0. The van der Waals surface area contributed by atoms with Crippen molar-refractivity contribution in [3.8, 4) is 11.1 Å². The molecule has 0 heterocycles. The zero-order valence-corrected chi connectivity index (χ0v) is 32.3. The molecule has 1 aliphatic rings. The van der Waals surface area contributed by atoms with Gasteiger partial charge in [0.2, 0.25) is 0 Å². The topological polar surface area (TPSA) is 0 Å². The molecule has 0 spiro atoms. The van der Waals surface area contributed by atoms with E-state index in [1.165, 1.54) is 54.9 Å². The molecule has 0 atom stereocenters. The van der Waals surface area contributed by atoms with E-state index in [1.54, 1.807) is 23.3 Å². The van der Waals surface area contributed by atoms with Gasteiger partial charge >= 0.3 is 113 Å². The van der Waals surface area contributed by atoms with Crippen LogP contribution in [0.1, 0.15) is 74.9 Å². The number of benzene rings is 4. The van der Waals surface area contributed by atoms with Crippen LogP contribution >= 0.6 is 0 Å². The molecule has 0 aromatic heterocycles. The van der Waals surface area contributed by atoms with Gasteiger partial charge in [-0.25, -0.2) is 12.1 Å². The monoisotopic (exact) mass is 712 g/mol. The van der Waals surface area contributed by atoms with Gasteiger partial charge in [-0.2, -0.15) is 47.5 Å². The van der Waals surface area contributed by atoms with Crippen LogP contribution in [0.3, 0.4) is 0 Å². The second-order valence-corrected chi connectivity index (χ2v) is 19.0. The van der Waals surface area contributed by atoms with Gasteiger partial charge in [0.05, 0.1) is 0 Å². The first kappa shape index (κ1) is 38.1. The first-order chi connectivity index (χ1) is 19.8. The Bertz CT molecular complexity index is 1530. The van der Waals surface area contributed by atoms with Gasteiger partial charge in [-0.3, -0.25) is 0 Å². The van der Waals surface area contributed by atoms with E-state index in [9.17, 15) is 0 Å². The normalized spacial score (nSPS) is 11.3. The third-order valence-electron chi connectivity index (χ3n) is 7.70. The van der Waals surface area contributed by atoms with Crippen molar-refractivity contribution in [3.05, 3.63) is 149 Å². The molecule has 228 valence electrons. The summed E-state index contributed by atoms with van der Waals surface area (Å²) in [6.45, 7) is 18.0. The fourth-order valence-corrected chi connectivity index (χ4v) is 8.97. The molecule has 0 bridgehead atoms. The van der Waals surface area contributed by atoms with Crippen LogP contribution in [0, 0.1) is 19.9 Å². The predicted octanol–water partition coefficient (Wildman–Crippen LogP) is 3.02. The molecular weight excluding hydrogens is 671 g/mol. The Balaban J connectivity index is 0.000000260. The van der Waals surface area contributed by atoms with Gasteiger partial charge in [0.25, 0.3) is 0 Å². The molecule has 5 aromatic rings. The second kappa shape index (κ2) is 16.5. The van der Waals surface area contributed by atoms with Crippen molar-refractivity contribution in [1.29, 1.82) is 0 Å². The van der Waals surface area contributed by atoms with E-state index in [0.29, 0.717) is 0 Å². The van der Waals surface area contributed by atoms with Crippen LogP contribution in [0.25, 0.3) is 11.1 Å². The predicted molar refractivity (Wildman–Crippen MR) is 180 cm³/mol. The number of halogens is 2. The largest absolute Gasteiger partial charge is 1.00 e. The molecule has 1 aliphatic carbocycles. The average Bonchev–Trinajstić information content (AvgIpc) is 3.63. The average molecular weight is 715 g/mol. The molecule has 0 saturated carbocycles. The molecular formula is C40H44Cl2SiZr-2. The number of rotatable bonds is 2. The van der Waals surface area contributed by atoms with E-state index in [4.69, 9.17) is 0 Å². The minimum Gasteiger partial charge on any atom is -1.00 e. The smallest absolute Gasteiger partial charge is 0.172 e. The van der Waals surface area contributed by atoms with Crippen LogP contribution in [-0.4, -0.2) is 5.43 Å². The van der Waals surface area contributed by atoms with Crippen LogP contribution < -0.4 is 35.2 Å². The van der Waals surface area contributed by atoms with E-state index in [-0.39, 0.29) is 35.6 Å². The Morgan fingerprint density at radius 1 is 0.659 bits per heavy atom. The van der Waals surface area contributed by atoms with Crippen LogP contribution in [0.4, 0.5) is 0 Å². The molecule has 0 unspecified atom stereocenters. The van der Waals surface area contributed by atoms with Crippen LogP contribution in [0.5, 0.6) is 0 Å². The van der Waals surface area contributed by atoms with Crippen molar-refractivity contribution in [2.45, 2.75) is 72.6 Å². The van der Waals surface area contributed by atoms with Crippen molar-refractivity contribution in [3.63, 3.8) is 0 Å². The van der Waals surface area contributed by atoms with Gasteiger partial charge < -0.3 is 24.8 Å².